The molecule has 1 nitrogen and oxygen atoms in total. The largest absolute Gasteiger partial charge is 0.381 e. The fourth-order valence-corrected chi connectivity index (χ4v) is 3.44. The lowest BCUT2D eigenvalue weighted by Crippen LogP contribution is -2.19. The lowest BCUT2D eigenvalue weighted by atomic mass is 9.81. The molecule has 0 spiro atoms. The van der Waals surface area contributed by atoms with E-state index >= 15 is 0 Å². The second kappa shape index (κ2) is 6.41. The Labute approximate surface area is 125 Å². The fourth-order valence-electron chi connectivity index (χ4n) is 2.60. The van der Waals surface area contributed by atoms with E-state index in [-0.39, 0.29) is 5.41 Å². The Bertz CT molecular complexity index is 390. The van der Waals surface area contributed by atoms with E-state index in [2.05, 4.69) is 61.0 Å². The number of hydrogen-bond donors (Lipinski definition) is 0. The maximum atomic E-state index is 5.44. The first kappa shape index (κ1) is 15.1. The lowest BCUT2D eigenvalue weighted by Gasteiger charge is -2.28. The van der Waals surface area contributed by atoms with E-state index in [9.17, 15) is 0 Å². The molecular formula is C17H25BrO. The Morgan fingerprint density at radius 2 is 1.79 bits per heavy atom. The molecule has 1 aromatic carbocycles. The van der Waals surface area contributed by atoms with Crippen LogP contribution in [0.5, 0.6) is 0 Å². The second-order valence-electron chi connectivity index (χ2n) is 6.21. The molecular weight excluding hydrogens is 300 g/mol. The van der Waals surface area contributed by atoms with Crippen LogP contribution >= 0.6 is 15.9 Å². The Morgan fingerprint density at radius 3 is 2.32 bits per heavy atom. The Hall–Kier alpha value is -0.340. The van der Waals surface area contributed by atoms with Gasteiger partial charge in [-0.3, -0.25) is 0 Å². The third kappa shape index (κ3) is 3.61. The molecule has 2 rings (SSSR count). The van der Waals surface area contributed by atoms with Gasteiger partial charge in [-0.1, -0.05) is 61.0 Å². The van der Waals surface area contributed by atoms with Crippen LogP contribution in [0.4, 0.5) is 0 Å². The van der Waals surface area contributed by atoms with Crippen molar-refractivity contribution in [3.8, 4) is 0 Å². The van der Waals surface area contributed by atoms with Crippen molar-refractivity contribution in [1.82, 2.24) is 0 Å². The molecule has 106 valence electrons. The number of halogens is 1. The van der Waals surface area contributed by atoms with Crippen molar-refractivity contribution in [2.75, 3.05) is 13.2 Å². The molecule has 1 aliphatic heterocycles. The summed E-state index contributed by atoms with van der Waals surface area (Å²) in [5, 5.41) is 0. The number of hydrogen-bond acceptors (Lipinski definition) is 1. The first-order chi connectivity index (χ1) is 9.04. The summed E-state index contributed by atoms with van der Waals surface area (Å²) in [4.78, 5) is 0.468. The predicted octanol–water partition coefficient (Wildman–Crippen LogP) is 5.24. The first-order valence-electron chi connectivity index (χ1n) is 7.37. The summed E-state index contributed by atoms with van der Waals surface area (Å²) in [6.45, 7) is 8.70. The maximum Gasteiger partial charge on any atom is 0.0469 e. The van der Waals surface area contributed by atoms with Crippen LogP contribution < -0.4 is 0 Å². The molecule has 1 unspecified atom stereocenters. The Balaban J connectivity index is 2.09. The molecule has 1 fully saturated rings. The summed E-state index contributed by atoms with van der Waals surface area (Å²) in [5.41, 5.74) is 3.12. The molecule has 0 N–H and O–H groups in total. The van der Waals surface area contributed by atoms with Gasteiger partial charge in [-0.25, -0.2) is 0 Å². The van der Waals surface area contributed by atoms with Crippen LogP contribution in [-0.2, 0) is 10.2 Å². The summed E-state index contributed by atoms with van der Waals surface area (Å²) >= 11 is 3.88. The van der Waals surface area contributed by atoms with E-state index in [4.69, 9.17) is 4.74 Å². The van der Waals surface area contributed by atoms with Crippen molar-refractivity contribution in [1.29, 1.82) is 0 Å². The van der Waals surface area contributed by atoms with E-state index in [1.165, 1.54) is 17.5 Å². The maximum absolute atomic E-state index is 5.44. The summed E-state index contributed by atoms with van der Waals surface area (Å²) in [7, 11) is 0. The van der Waals surface area contributed by atoms with Crippen LogP contribution in [0.15, 0.2) is 24.3 Å². The molecule has 0 bridgehead atoms. The summed E-state index contributed by atoms with van der Waals surface area (Å²) in [6.07, 6.45) is 3.50. The third-order valence-electron chi connectivity index (χ3n) is 4.57. The van der Waals surface area contributed by atoms with Crippen molar-refractivity contribution in [2.45, 2.75) is 50.3 Å². The van der Waals surface area contributed by atoms with E-state index < -0.39 is 0 Å². The smallest absolute Gasteiger partial charge is 0.0469 e. The number of rotatable bonds is 4. The number of benzene rings is 1. The van der Waals surface area contributed by atoms with E-state index in [0.717, 1.165) is 26.1 Å². The number of ether oxygens (including phenoxy) is 1. The summed E-state index contributed by atoms with van der Waals surface area (Å²) in [5.74, 6) is 0.707. The van der Waals surface area contributed by atoms with Gasteiger partial charge in [-0.05, 0) is 41.7 Å². The van der Waals surface area contributed by atoms with Gasteiger partial charge < -0.3 is 4.74 Å². The lowest BCUT2D eigenvalue weighted by molar-refractivity contribution is 0.0662. The normalized spacial score (nSPS) is 19.4. The van der Waals surface area contributed by atoms with Crippen molar-refractivity contribution < 1.29 is 4.74 Å². The van der Waals surface area contributed by atoms with Crippen LogP contribution in [0.3, 0.4) is 0 Å². The summed E-state index contributed by atoms with van der Waals surface area (Å²) < 4.78 is 5.44. The van der Waals surface area contributed by atoms with Gasteiger partial charge >= 0.3 is 0 Å². The highest BCUT2D eigenvalue weighted by atomic mass is 79.9. The Kier molecular flexibility index (Phi) is 5.08. The molecule has 1 atom stereocenters. The topological polar surface area (TPSA) is 9.23 Å². The van der Waals surface area contributed by atoms with Gasteiger partial charge in [0, 0.05) is 18.0 Å². The molecule has 19 heavy (non-hydrogen) atoms. The van der Waals surface area contributed by atoms with Crippen LogP contribution in [0.2, 0.25) is 0 Å². The van der Waals surface area contributed by atoms with Gasteiger partial charge in [0.2, 0.25) is 0 Å². The SMILES string of the molecule is CCC(C)(C)c1ccc(C(Br)C2CCOCC2)cc1. The molecule has 1 heterocycles. The zero-order valence-corrected chi connectivity index (χ0v) is 13.9. The molecule has 0 radical (unpaired) electrons. The quantitative estimate of drug-likeness (QED) is 0.688. The van der Waals surface area contributed by atoms with Gasteiger partial charge in [0.1, 0.15) is 0 Å². The van der Waals surface area contributed by atoms with Crippen LogP contribution in [0.1, 0.15) is 56.0 Å². The average Bonchev–Trinajstić information content (AvgIpc) is 2.47. The molecule has 0 amide bonds. The van der Waals surface area contributed by atoms with Crippen molar-refractivity contribution in [2.24, 2.45) is 5.92 Å². The minimum absolute atomic E-state index is 0.277. The highest BCUT2D eigenvalue weighted by Gasteiger charge is 2.24. The van der Waals surface area contributed by atoms with Gasteiger partial charge in [-0.2, -0.15) is 0 Å². The zero-order valence-electron chi connectivity index (χ0n) is 12.3. The molecule has 1 aromatic rings. The van der Waals surface area contributed by atoms with E-state index in [1.54, 1.807) is 0 Å². The zero-order chi connectivity index (χ0) is 13.9. The minimum atomic E-state index is 0.277. The summed E-state index contributed by atoms with van der Waals surface area (Å²) in [6, 6.07) is 9.18. The van der Waals surface area contributed by atoms with Crippen molar-refractivity contribution >= 4 is 15.9 Å². The van der Waals surface area contributed by atoms with Gasteiger partial charge in [0.15, 0.2) is 0 Å². The van der Waals surface area contributed by atoms with E-state index in [0.29, 0.717) is 10.7 Å². The van der Waals surface area contributed by atoms with Crippen molar-refractivity contribution in [3.63, 3.8) is 0 Å². The number of alkyl halides is 1. The molecule has 0 aromatic heterocycles. The standard InChI is InChI=1S/C17H25BrO/c1-4-17(2,3)15-7-5-13(6-8-15)16(18)14-9-11-19-12-10-14/h5-8,14,16H,4,9-12H2,1-3H3. The molecule has 0 aliphatic carbocycles. The van der Waals surface area contributed by atoms with Gasteiger partial charge in [0.05, 0.1) is 0 Å². The highest BCUT2D eigenvalue weighted by Crippen LogP contribution is 2.37. The fraction of sp³-hybridized carbons (Fsp3) is 0.647. The minimum Gasteiger partial charge on any atom is -0.381 e. The first-order valence-corrected chi connectivity index (χ1v) is 8.28. The van der Waals surface area contributed by atoms with Crippen molar-refractivity contribution in [3.05, 3.63) is 35.4 Å². The van der Waals surface area contributed by atoms with Crippen LogP contribution in [0, 0.1) is 5.92 Å². The van der Waals surface area contributed by atoms with Crippen LogP contribution in [0.25, 0.3) is 0 Å². The molecule has 1 saturated heterocycles. The molecule has 2 heteroatoms. The highest BCUT2D eigenvalue weighted by molar-refractivity contribution is 9.09. The van der Waals surface area contributed by atoms with Gasteiger partial charge in [-0.15, -0.1) is 0 Å². The predicted molar refractivity (Wildman–Crippen MR) is 85.0 cm³/mol. The van der Waals surface area contributed by atoms with Gasteiger partial charge in [0.25, 0.3) is 0 Å². The molecule has 0 saturated carbocycles. The van der Waals surface area contributed by atoms with Crippen LogP contribution in [-0.4, -0.2) is 13.2 Å². The third-order valence-corrected chi connectivity index (χ3v) is 5.85. The monoisotopic (exact) mass is 324 g/mol. The second-order valence-corrected chi connectivity index (χ2v) is 7.20. The average molecular weight is 325 g/mol. The Morgan fingerprint density at radius 1 is 1.21 bits per heavy atom. The van der Waals surface area contributed by atoms with E-state index in [1.807, 2.05) is 0 Å². The molecule has 1 aliphatic rings.